The molecule has 2 rings (SSSR count). The van der Waals surface area contributed by atoms with Gasteiger partial charge in [0.2, 0.25) is 0 Å². The van der Waals surface area contributed by atoms with Crippen molar-refractivity contribution in [2.45, 2.75) is 58.0 Å². The van der Waals surface area contributed by atoms with E-state index in [0.29, 0.717) is 12.1 Å². The summed E-state index contributed by atoms with van der Waals surface area (Å²) in [5.74, 6) is 2.24. The van der Waals surface area contributed by atoms with E-state index in [1.807, 2.05) is 11.8 Å². The number of hydrogen-bond donors (Lipinski definition) is 1. The second kappa shape index (κ2) is 5.24. The lowest BCUT2D eigenvalue weighted by atomic mass is 10.1. The maximum absolute atomic E-state index is 4.74. The first kappa shape index (κ1) is 11.3. The second-order valence-electron chi connectivity index (χ2n) is 4.86. The van der Waals surface area contributed by atoms with Crippen LogP contribution in [0.5, 0.6) is 0 Å². The molecule has 2 aliphatic rings. The lowest BCUT2D eigenvalue weighted by molar-refractivity contribution is 0.558. The van der Waals surface area contributed by atoms with Gasteiger partial charge < -0.3 is 5.32 Å². The van der Waals surface area contributed by atoms with E-state index in [1.165, 1.54) is 43.0 Å². The van der Waals surface area contributed by atoms with Crippen LogP contribution >= 0.6 is 11.8 Å². The normalized spacial score (nSPS) is 28.4. The van der Waals surface area contributed by atoms with Crippen LogP contribution in [0.4, 0.5) is 0 Å². The highest BCUT2D eigenvalue weighted by Gasteiger charge is 2.24. The van der Waals surface area contributed by atoms with Crippen LogP contribution in [0, 0.1) is 5.92 Å². The molecule has 2 unspecified atom stereocenters. The van der Waals surface area contributed by atoms with Gasteiger partial charge in [0, 0.05) is 11.8 Å². The van der Waals surface area contributed by atoms with E-state index in [0.717, 1.165) is 5.92 Å². The molecule has 3 heteroatoms. The van der Waals surface area contributed by atoms with Crippen molar-refractivity contribution in [1.82, 2.24) is 5.32 Å². The largest absolute Gasteiger partial charge is 0.362 e. The van der Waals surface area contributed by atoms with E-state index in [4.69, 9.17) is 4.99 Å². The van der Waals surface area contributed by atoms with E-state index in [1.54, 1.807) is 0 Å². The van der Waals surface area contributed by atoms with E-state index >= 15 is 0 Å². The first-order valence-corrected chi connectivity index (χ1v) is 7.23. The molecule has 0 aromatic carbocycles. The summed E-state index contributed by atoms with van der Waals surface area (Å²) in [6.45, 7) is 4.52. The zero-order valence-corrected chi connectivity index (χ0v) is 10.6. The maximum atomic E-state index is 4.74. The van der Waals surface area contributed by atoms with Crippen molar-refractivity contribution in [3.05, 3.63) is 0 Å². The lowest BCUT2D eigenvalue weighted by Gasteiger charge is -2.22. The van der Waals surface area contributed by atoms with Gasteiger partial charge in [-0.25, -0.2) is 0 Å². The highest BCUT2D eigenvalue weighted by Crippen LogP contribution is 2.33. The van der Waals surface area contributed by atoms with Gasteiger partial charge in [0.15, 0.2) is 5.17 Å². The first-order chi connectivity index (χ1) is 7.28. The molecule has 1 aliphatic heterocycles. The molecule has 2 atom stereocenters. The quantitative estimate of drug-likeness (QED) is 0.797. The molecule has 0 saturated heterocycles. The minimum Gasteiger partial charge on any atom is -0.362 e. The van der Waals surface area contributed by atoms with Gasteiger partial charge in [-0.3, -0.25) is 4.99 Å². The van der Waals surface area contributed by atoms with E-state index < -0.39 is 0 Å². The molecule has 86 valence electrons. The molecule has 1 N–H and O–H groups in total. The number of nitrogens with one attached hydrogen (secondary N) is 1. The van der Waals surface area contributed by atoms with Gasteiger partial charge in [-0.05, 0) is 32.1 Å². The third-order valence-electron chi connectivity index (χ3n) is 3.21. The van der Waals surface area contributed by atoms with Crippen molar-refractivity contribution in [1.29, 1.82) is 0 Å². The summed E-state index contributed by atoms with van der Waals surface area (Å²) in [5, 5.41) is 4.76. The van der Waals surface area contributed by atoms with Gasteiger partial charge in [-0.2, -0.15) is 0 Å². The van der Waals surface area contributed by atoms with Crippen LogP contribution in [0.15, 0.2) is 4.99 Å². The summed E-state index contributed by atoms with van der Waals surface area (Å²) < 4.78 is 0. The Bertz CT molecular complexity index is 236. The summed E-state index contributed by atoms with van der Waals surface area (Å²) in [5.41, 5.74) is 0. The third kappa shape index (κ3) is 3.71. The Hall–Kier alpha value is -0.180. The number of aliphatic imine (C=N–C) groups is 1. The molecule has 1 heterocycles. The van der Waals surface area contributed by atoms with Crippen LogP contribution in [-0.2, 0) is 0 Å². The van der Waals surface area contributed by atoms with Gasteiger partial charge in [0.05, 0.1) is 6.04 Å². The average molecular weight is 226 g/mol. The number of amidine groups is 1. The number of hydrogen-bond acceptors (Lipinski definition) is 3. The average Bonchev–Trinajstić information content (AvgIpc) is 3.02. The minimum atomic E-state index is 0.571. The second-order valence-corrected chi connectivity index (χ2v) is 5.94. The fraction of sp³-hybridized carbons (Fsp3) is 0.917. The van der Waals surface area contributed by atoms with Crippen LogP contribution in [0.1, 0.15) is 46.0 Å². The number of nitrogens with zero attached hydrogens (tertiary/aromatic N) is 1. The van der Waals surface area contributed by atoms with Crippen LogP contribution in [0.2, 0.25) is 0 Å². The molecule has 2 nitrogen and oxygen atoms in total. The minimum absolute atomic E-state index is 0.571. The van der Waals surface area contributed by atoms with Gasteiger partial charge in [-0.15, -0.1) is 0 Å². The van der Waals surface area contributed by atoms with E-state index in [-0.39, 0.29) is 0 Å². The lowest BCUT2D eigenvalue weighted by Crippen LogP contribution is -2.34. The van der Waals surface area contributed by atoms with Crippen molar-refractivity contribution in [2.75, 3.05) is 5.75 Å². The van der Waals surface area contributed by atoms with Crippen LogP contribution in [0.25, 0.3) is 0 Å². The molecular weight excluding hydrogens is 204 g/mol. The molecule has 0 aromatic heterocycles. The maximum Gasteiger partial charge on any atom is 0.157 e. The van der Waals surface area contributed by atoms with Crippen LogP contribution < -0.4 is 5.32 Å². The molecule has 1 fully saturated rings. The SMILES string of the molecule is CCC1CCSC(NC(C)CC2CC2)=N1. The van der Waals surface area contributed by atoms with Crippen LogP contribution in [-0.4, -0.2) is 23.0 Å². The number of thioether (sulfide) groups is 1. The Morgan fingerprint density at radius 2 is 2.27 bits per heavy atom. The summed E-state index contributed by atoms with van der Waals surface area (Å²) >= 11 is 1.90. The Morgan fingerprint density at radius 3 is 2.93 bits per heavy atom. The molecular formula is C12H22N2S. The monoisotopic (exact) mass is 226 g/mol. The van der Waals surface area contributed by atoms with Gasteiger partial charge in [0.1, 0.15) is 0 Å². The van der Waals surface area contributed by atoms with Gasteiger partial charge in [0.25, 0.3) is 0 Å². The molecule has 1 saturated carbocycles. The molecule has 15 heavy (non-hydrogen) atoms. The first-order valence-electron chi connectivity index (χ1n) is 6.25. The van der Waals surface area contributed by atoms with Crippen molar-refractivity contribution in [2.24, 2.45) is 10.9 Å². The molecule has 1 aliphatic carbocycles. The Labute approximate surface area is 97.3 Å². The summed E-state index contributed by atoms with van der Waals surface area (Å²) in [6, 6.07) is 1.18. The standard InChI is InChI=1S/C12H22N2S/c1-3-11-6-7-15-12(14-11)13-9(2)8-10-4-5-10/h9-11H,3-8H2,1-2H3,(H,13,14). The summed E-state index contributed by atoms with van der Waals surface area (Å²) in [7, 11) is 0. The zero-order chi connectivity index (χ0) is 10.7. The van der Waals surface area contributed by atoms with Gasteiger partial charge in [-0.1, -0.05) is 31.5 Å². The molecule has 0 spiro atoms. The van der Waals surface area contributed by atoms with Crippen molar-refractivity contribution >= 4 is 16.9 Å². The Balaban J connectivity index is 1.78. The van der Waals surface area contributed by atoms with E-state index in [2.05, 4.69) is 19.2 Å². The zero-order valence-electron chi connectivity index (χ0n) is 9.83. The Kier molecular flexibility index (Phi) is 3.95. The Morgan fingerprint density at radius 1 is 1.47 bits per heavy atom. The van der Waals surface area contributed by atoms with Gasteiger partial charge >= 0.3 is 0 Å². The third-order valence-corrected chi connectivity index (χ3v) is 4.15. The predicted octanol–water partition coefficient (Wildman–Crippen LogP) is 3.04. The highest BCUT2D eigenvalue weighted by molar-refractivity contribution is 8.13. The summed E-state index contributed by atoms with van der Waals surface area (Å²) in [4.78, 5) is 4.74. The number of rotatable bonds is 4. The van der Waals surface area contributed by atoms with Crippen molar-refractivity contribution in [3.63, 3.8) is 0 Å². The fourth-order valence-corrected chi connectivity index (χ4v) is 3.15. The predicted molar refractivity (Wildman–Crippen MR) is 68.5 cm³/mol. The highest BCUT2D eigenvalue weighted by atomic mass is 32.2. The fourth-order valence-electron chi connectivity index (χ4n) is 2.06. The molecule has 0 amide bonds. The van der Waals surface area contributed by atoms with Crippen molar-refractivity contribution < 1.29 is 0 Å². The smallest absolute Gasteiger partial charge is 0.157 e. The molecule has 0 radical (unpaired) electrons. The van der Waals surface area contributed by atoms with Crippen LogP contribution in [0.3, 0.4) is 0 Å². The molecule has 0 bridgehead atoms. The topological polar surface area (TPSA) is 24.4 Å². The summed E-state index contributed by atoms with van der Waals surface area (Å²) in [6.07, 6.45) is 6.66. The van der Waals surface area contributed by atoms with E-state index in [9.17, 15) is 0 Å². The van der Waals surface area contributed by atoms with Crippen molar-refractivity contribution in [3.8, 4) is 0 Å². The molecule has 0 aromatic rings.